The van der Waals surface area contributed by atoms with Gasteiger partial charge in [-0.2, -0.15) is 11.8 Å². The molecule has 0 aliphatic carbocycles. The van der Waals surface area contributed by atoms with Crippen molar-refractivity contribution < 1.29 is 24.6 Å². The lowest BCUT2D eigenvalue weighted by Crippen LogP contribution is -2.26. The van der Waals surface area contributed by atoms with E-state index in [1.165, 1.54) is 88.8 Å². The summed E-state index contributed by atoms with van der Waals surface area (Å²) in [6.45, 7) is 2.25. The Bertz CT molecular complexity index is 453. The molecule has 0 aromatic heterocycles. The summed E-state index contributed by atoms with van der Waals surface area (Å²) in [6, 6.07) is 0. The maximum absolute atomic E-state index is 12.1. The van der Waals surface area contributed by atoms with Crippen molar-refractivity contribution in [3.63, 3.8) is 0 Å². The number of Topliss-reactive ketones (excluding diaryl/α,β-unsaturated/α-hetero) is 1. The summed E-state index contributed by atoms with van der Waals surface area (Å²) in [7, 11) is 0. The van der Waals surface area contributed by atoms with Gasteiger partial charge in [0.15, 0.2) is 0 Å². The van der Waals surface area contributed by atoms with Gasteiger partial charge in [0.1, 0.15) is 11.7 Å². The van der Waals surface area contributed by atoms with Crippen molar-refractivity contribution in [2.45, 2.75) is 116 Å². The van der Waals surface area contributed by atoms with Crippen molar-refractivity contribution in [3.8, 4) is 0 Å². The number of ketones is 1. The molecule has 0 fully saturated rings. The molecule has 0 radical (unpaired) electrons. The SMILES string of the molecule is CCCCCCCCCCCCCCCCCC(=O)C(CSCCC(=O)O)C(=O)O. The van der Waals surface area contributed by atoms with Crippen LogP contribution in [0.25, 0.3) is 0 Å². The molecule has 0 saturated carbocycles. The van der Waals surface area contributed by atoms with Gasteiger partial charge in [0.25, 0.3) is 0 Å². The number of carbonyl (C=O) groups excluding carboxylic acids is 1. The average Bonchev–Trinajstić information content (AvgIpc) is 2.70. The molecule has 0 saturated heterocycles. The summed E-state index contributed by atoms with van der Waals surface area (Å²) >= 11 is 1.23. The third kappa shape index (κ3) is 19.0. The van der Waals surface area contributed by atoms with Crippen LogP contribution in [0.2, 0.25) is 0 Å². The fourth-order valence-corrected chi connectivity index (χ4v) is 4.56. The van der Waals surface area contributed by atoms with Crippen LogP contribution < -0.4 is 0 Å². The lowest BCUT2D eigenvalue weighted by atomic mass is 9.99. The molecule has 1 atom stereocenters. The van der Waals surface area contributed by atoms with Crippen molar-refractivity contribution in [3.05, 3.63) is 0 Å². The Morgan fingerprint density at radius 1 is 0.667 bits per heavy atom. The molecule has 0 aromatic rings. The molecule has 0 rings (SSSR count). The summed E-state index contributed by atoms with van der Waals surface area (Å²) < 4.78 is 0. The highest BCUT2D eigenvalue weighted by molar-refractivity contribution is 7.99. The lowest BCUT2D eigenvalue weighted by Gasteiger charge is -2.10. The van der Waals surface area contributed by atoms with Crippen LogP contribution in [-0.2, 0) is 14.4 Å². The second-order valence-electron chi connectivity index (χ2n) is 8.28. The van der Waals surface area contributed by atoms with Gasteiger partial charge >= 0.3 is 11.9 Å². The van der Waals surface area contributed by atoms with Gasteiger partial charge < -0.3 is 10.2 Å². The van der Waals surface area contributed by atoms with Crippen LogP contribution in [0, 0.1) is 5.92 Å². The molecular formula is C24H44O5S. The second-order valence-corrected chi connectivity index (χ2v) is 9.43. The molecule has 0 aromatic carbocycles. The topological polar surface area (TPSA) is 91.7 Å². The third-order valence-electron chi connectivity index (χ3n) is 5.46. The Hall–Kier alpha value is -1.04. The van der Waals surface area contributed by atoms with Gasteiger partial charge in [-0.3, -0.25) is 14.4 Å². The predicted octanol–water partition coefficient (Wildman–Crippen LogP) is 6.73. The monoisotopic (exact) mass is 444 g/mol. The van der Waals surface area contributed by atoms with Crippen molar-refractivity contribution in [1.82, 2.24) is 0 Å². The number of thioether (sulfide) groups is 1. The smallest absolute Gasteiger partial charge is 0.314 e. The average molecular weight is 445 g/mol. The number of carboxylic acid groups (broad SMARTS) is 2. The molecule has 0 spiro atoms. The zero-order chi connectivity index (χ0) is 22.5. The highest BCUT2D eigenvalue weighted by atomic mass is 32.2. The van der Waals surface area contributed by atoms with Gasteiger partial charge in [0, 0.05) is 17.9 Å². The Labute approximate surface area is 187 Å². The van der Waals surface area contributed by atoms with Crippen molar-refractivity contribution in [2.24, 2.45) is 5.92 Å². The van der Waals surface area contributed by atoms with E-state index in [9.17, 15) is 19.5 Å². The summed E-state index contributed by atoms with van der Waals surface area (Å²) in [5.41, 5.74) is 0. The van der Waals surface area contributed by atoms with E-state index in [4.69, 9.17) is 5.11 Å². The number of aliphatic carboxylic acids is 2. The number of unbranched alkanes of at least 4 members (excludes halogenated alkanes) is 14. The van der Waals surface area contributed by atoms with E-state index in [0.29, 0.717) is 12.2 Å². The zero-order valence-electron chi connectivity index (χ0n) is 19.0. The minimum atomic E-state index is -1.09. The number of carboxylic acids is 2. The van der Waals surface area contributed by atoms with Gasteiger partial charge in [-0.25, -0.2) is 0 Å². The van der Waals surface area contributed by atoms with E-state index in [1.54, 1.807) is 0 Å². The fraction of sp³-hybridized carbons (Fsp3) is 0.875. The highest BCUT2D eigenvalue weighted by Gasteiger charge is 2.25. The van der Waals surface area contributed by atoms with Crippen LogP contribution in [-0.4, -0.2) is 39.4 Å². The van der Waals surface area contributed by atoms with Crippen LogP contribution in [0.5, 0.6) is 0 Å². The van der Waals surface area contributed by atoms with E-state index in [2.05, 4.69) is 6.92 Å². The molecule has 0 aliphatic rings. The summed E-state index contributed by atoms with van der Waals surface area (Å²) in [6.07, 6.45) is 19.2. The van der Waals surface area contributed by atoms with Crippen LogP contribution in [0.4, 0.5) is 0 Å². The zero-order valence-corrected chi connectivity index (χ0v) is 19.9. The number of hydrogen-bond acceptors (Lipinski definition) is 4. The maximum atomic E-state index is 12.1. The van der Waals surface area contributed by atoms with E-state index in [0.717, 1.165) is 19.3 Å². The standard InChI is InChI=1S/C24H44O5S/c1-2-3-4-5-6-7-8-9-10-11-12-13-14-15-16-17-22(25)21(24(28)29)20-30-19-18-23(26)27/h21H,2-20H2,1H3,(H,26,27)(H,28,29). The number of hydrogen-bond donors (Lipinski definition) is 2. The minimum absolute atomic E-state index is 0.00968. The largest absolute Gasteiger partial charge is 0.481 e. The van der Waals surface area contributed by atoms with Crippen LogP contribution in [0.1, 0.15) is 116 Å². The second kappa shape index (κ2) is 21.2. The van der Waals surface area contributed by atoms with Crippen LogP contribution in [0.15, 0.2) is 0 Å². The predicted molar refractivity (Wildman–Crippen MR) is 125 cm³/mol. The number of carbonyl (C=O) groups is 3. The van der Waals surface area contributed by atoms with Crippen molar-refractivity contribution >= 4 is 29.5 Å². The quantitative estimate of drug-likeness (QED) is 0.134. The third-order valence-corrected chi connectivity index (χ3v) is 6.52. The summed E-state index contributed by atoms with van der Waals surface area (Å²) in [5, 5.41) is 17.8. The fourth-order valence-electron chi connectivity index (χ4n) is 3.51. The Kier molecular flexibility index (Phi) is 20.5. The van der Waals surface area contributed by atoms with E-state index in [-0.39, 0.29) is 18.0 Å². The summed E-state index contributed by atoms with van der Waals surface area (Å²) in [5.74, 6) is -2.72. The normalized spacial score (nSPS) is 12.0. The van der Waals surface area contributed by atoms with Crippen molar-refractivity contribution in [2.75, 3.05) is 11.5 Å². The first-order chi connectivity index (χ1) is 14.5. The van der Waals surface area contributed by atoms with Crippen LogP contribution >= 0.6 is 11.8 Å². The Balaban J connectivity index is 3.53. The van der Waals surface area contributed by atoms with Gasteiger partial charge in [-0.15, -0.1) is 0 Å². The van der Waals surface area contributed by atoms with E-state index >= 15 is 0 Å². The molecule has 176 valence electrons. The molecule has 0 heterocycles. The molecule has 1 unspecified atom stereocenters. The molecule has 30 heavy (non-hydrogen) atoms. The van der Waals surface area contributed by atoms with E-state index in [1.807, 2.05) is 0 Å². The van der Waals surface area contributed by atoms with E-state index < -0.39 is 17.9 Å². The highest BCUT2D eigenvalue weighted by Crippen LogP contribution is 2.17. The van der Waals surface area contributed by atoms with Gasteiger partial charge in [0.2, 0.25) is 0 Å². The molecule has 0 amide bonds. The molecule has 5 nitrogen and oxygen atoms in total. The van der Waals surface area contributed by atoms with Gasteiger partial charge in [-0.05, 0) is 6.42 Å². The first kappa shape index (κ1) is 29.0. The summed E-state index contributed by atoms with van der Waals surface area (Å²) in [4.78, 5) is 33.9. The molecule has 0 aliphatic heterocycles. The van der Waals surface area contributed by atoms with Gasteiger partial charge in [-0.1, -0.05) is 96.8 Å². The Morgan fingerprint density at radius 3 is 1.50 bits per heavy atom. The van der Waals surface area contributed by atoms with Crippen molar-refractivity contribution in [1.29, 1.82) is 0 Å². The Morgan fingerprint density at radius 2 is 1.10 bits per heavy atom. The first-order valence-electron chi connectivity index (χ1n) is 12.0. The lowest BCUT2D eigenvalue weighted by molar-refractivity contribution is -0.145. The minimum Gasteiger partial charge on any atom is -0.481 e. The molecular weight excluding hydrogens is 400 g/mol. The maximum Gasteiger partial charge on any atom is 0.314 e. The number of rotatable bonds is 23. The first-order valence-corrected chi connectivity index (χ1v) is 13.2. The van der Waals surface area contributed by atoms with Gasteiger partial charge in [0.05, 0.1) is 6.42 Å². The van der Waals surface area contributed by atoms with Crippen LogP contribution in [0.3, 0.4) is 0 Å². The molecule has 2 N–H and O–H groups in total. The molecule has 6 heteroatoms. The molecule has 0 bridgehead atoms.